The largest absolute Gasteiger partial charge is 0.324 e. The van der Waals surface area contributed by atoms with Crippen molar-refractivity contribution >= 4 is 17.1 Å². The summed E-state index contributed by atoms with van der Waals surface area (Å²) in [5, 5.41) is 1.69. The van der Waals surface area contributed by atoms with Crippen LogP contribution in [0, 0.1) is 0 Å². The van der Waals surface area contributed by atoms with Crippen LogP contribution in [0.3, 0.4) is 0 Å². The second-order valence-corrected chi connectivity index (χ2v) is 2.22. The molecule has 0 unspecified atom stereocenters. The van der Waals surface area contributed by atoms with Crippen LogP contribution < -0.4 is 5.73 Å². The van der Waals surface area contributed by atoms with Gasteiger partial charge in [0.2, 0.25) is 0 Å². The van der Waals surface area contributed by atoms with Crippen LogP contribution in [-0.4, -0.2) is 17.3 Å². The van der Waals surface area contributed by atoms with Gasteiger partial charge in [0.1, 0.15) is 5.69 Å². The topological polar surface area (TPSA) is 56.0 Å². The van der Waals surface area contributed by atoms with Crippen molar-refractivity contribution in [2.24, 2.45) is 5.73 Å². The van der Waals surface area contributed by atoms with Gasteiger partial charge in [0.05, 0.1) is 12.1 Å². The molecule has 3 nitrogen and oxygen atoms in total. The highest BCUT2D eigenvalue weighted by Crippen LogP contribution is 1.99. The Balaban J connectivity index is 2.77. The minimum absolute atomic E-state index is 0.0454. The van der Waals surface area contributed by atoms with E-state index >= 15 is 0 Å². The molecule has 0 saturated heterocycles. The molecule has 0 spiro atoms. The van der Waals surface area contributed by atoms with E-state index in [4.69, 9.17) is 5.73 Å². The van der Waals surface area contributed by atoms with Crippen molar-refractivity contribution in [3.63, 3.8) is 0 Å². The van der Waals surface area contributed by atoms with Crippen LogP contribution >= 0.6 is 11.3 Å². The van der Waals surface area contributed by atoms with Crippen LogP contribution in [0.5, 0.6) is 0 Å². The molecule has 0 atom stereocenters. The first-order valence-corrected chi connectivity index (χ1v) is 3.40. The molecule has 0 aliphatic heterocycles. The number of carbonyl (C=O) groups excluding carboxylic acids is 1. The molecule has 1 aromatic heterocycles. The Hall–Kier alpha value is -0.740. The Morgan fingerprint density at radius 3 is 3.11 bits per heavy atom. The molecule has 1 rings (SSSR count). The maximum Gasteiger partial charge on any atom is 0.195 e. The fourth-order valence-corrected chi connectivity index (χ4v) is 1.01. The lowest BCUT2D eigenvalue weighted by Gasteiger charge is -1.85. The summed E-state index contributed by atoms with van der Waals surface area (Å²) in [5.41, 5.74) is 7.17. The summed E-state index contributed by atoms with van der Waals surface area (Å²) in [7, 11) is 0. The van der Waals surface area contributed by atoms with Gasteiger partial charge in [-0.2, -0.15) is 0 Å². The first kappa shape index (κ1) is 6.38. The smallest absolute Gasteiger partial charge is 0.195 e. The van der Waals surface area contributed by atoms with Gasteiger partial charge in [-0.05, 0) is 0 Å². The van der Waals surface area contributed by atoms with Crippen LogP contribution in [0.2, 0.25) is 0 Å². The van der Waals surface area contributed by atoms with E-state index in [1.165, 1.54) is 11.3 Å². The second kappa shape index (κ2) is 2.70. The number of ketones is 1. The van der Waals surface area contributed by atoms with Crippen molar-refractivity contribution in [1.29, 1.82) is 0 Å². The Kier molecular flexibility index (Phi) is 1.92. The molecule has 4 heteroatoms. The van der Waals surface area contributed by atoms with Crippen LogP contribution in [0.15, 0.2) is 10.9 Å². The normalized spacial score (nSPS) is 9.44. The molecule has 1 heterocycles. The number of aromatic nitrogens is 1. The molecule has 0 bridgehead atoms. The first-order valence-electron chi connectivity index (χ1n) is 2.46. The molecule has 0 aliphatic rings. The maximum absolute atomic E-state index is 10.7. The molecule has 0 amide bonds. The van der Waals surface area contributed by atoms with Crippen LogP contribution in [0.4, 0.5) is 0 Å². The Labute approximate surface area is 56.5 Å². The van der Waals surface area contributed by atoms with Gasteiger partial charge in [-0.1, -0.05) is 0 Å². The predicted octanol–water partition coefficient (Wildman–Crippen LogP) is 0.284. The molecule has 1 aromatic rings. The third-order valence-electron chi connectivity index (χ3n) is 0.903. The van der Waals surface area contributed by atoms with Gasteiger partial charge in [0.15, 0.2) is 5.78 Å². The molecular formula is C5H6N2OS. The van der Waals surface area contributed by atoms with Gasteiger partial charge in [-0.25, -0.2) is 4.98 Å². The minimum atomic E-state index is -0.101. The number of nitrogens with two attached hydrogens (primary N) is 1. The third kappa shape index (κ3) is 1.34. The number of nitrogens with zero attached hydrogens (tertiary/aromatic N) is 1. The zero-order valence-electron chi connectivity index (χ0n) is 4.70. The summed E-state index contributed by atoms with van der Waals surface area (Å²) >= 11 is 1.40. The quantitative estimate of drug-likeness (QED) is 0.603. The third-order valence-corrected chi connectivity index (χ3v) is 1.49. The van der Waals surface area contributed by atoms with Gasteiger partial charge in [-0.15, -0.1) is 11.3 Å². The van der Waals surface area contributed by atoms with Crippen molar-refractivity contribution in [1.82, 2.24) is 4.98 Å². The number of carbonyl (C=O) groups is 1. The van der Waals surface area contributed by atoms with Crippen LogP contribution in [-0.2, 0) is 0 Å². The zero-order valence-corrected chi connectivity index (χ0v) is 5.52. The number of hydrogen-bond acceptors (Lipinski definition) is 4. The van der Waals surface area contributed by atoms with E-state index in [-0.39, 0.29) is 12.3 Å². The van der Waals surface area contributed by atoms with Gasteiger partial charge in [-0.3, -0.25) is 4.79 Å². The van der Waals surface area contributed by atoms with E-state index in [9.17, 15) is 4.79 Å². The average molecular weight is 142 g/mol. The van der Waals surface area contributed by atoms with Crippen molar-refractivity contribution in [3.8, 4) is 0 Å². The Morgan fingerprint density at radius 2 is 2.67 bits per heavy atom. The lowest BCUT2D eigenvalue weighted by atomic mass is 10.3. The summed E-state index contributed by atoms with van der Waals surface area (Å²) in [6.07, 6.45) is 0. The van der Waals surface area contributed by atoms with Crippen LogP contribution in [0.25, 0.3) is 0 Å². The minimum Gasteiger partial charge on any atom is -0.324 e. The number of thiazole rings is 1. The number of rotatable bonds is 2. The van der Waals surface area contributed by atoms with E-state index in [0.717, 1.165) is 0 Å². The molecule has 48 valence electrons. The molecular weight excluding hydrogens is 136 g/mol. The van der Waals surface area contributed by atoms with E-state index in [2.05, 4.69) is 4.98 Å². The highest BCUT2D eigenvalue weighted by atomic mass is 32.1. The van der Waals surface area contributed by atoms with E-state index < -0.39 is 0 Å². The second-order valence-electron chi connectivity index (χ2n) is 1.50. The summed E-state index contributed by atoms with van der Waals surface area (Å²) in [5.74, 6) is -0.101. The monoisotopic (exact) mass is 142 g/mol. The van der Waals surface area contributed by atoms with Crippen molar-refractivity contribution < 1.29 is 4.79 Å². The molecule has 0 aromatic carbocycles. The molecule has 0 saturated carbocycles. The van der Waals surface area contributed by atoms with Gasteiger partial charge in [0.25, 0.3) is 0 Å². The zero-order chi connectivity index (χ0) is 6.69. The fourth-order valence-electron chi connectivity index (χ4n) is 0.455. The molecule has 0 radical (unpaired) electrons. The standard InChI is InChI=1S/C5H6N2OS/c6-1-5(8)4-2-9-3-7-4/h2-3H,1,6H2. The summed E-state index contributed by atoms with van der Waals surface area (Å²) in [6.45, 7) is 0.0454. The molecule has 2 N–H and O–H groups in total. The maximum atomic E-state index is 10.7. The molecule has 0 fully saturated rings. The van der Waals surface area contributed by atoms with E-state index in [0.29, 0.717) is 5.69 Å². The van der Waals surface area contributed by atoms with Crippen molar-refractivity contribution in [2.45, 2.75) is 0 Å². The highest BCUT2D eigenvalue weighted by Gasteiger charge is 2.02. The molecule has 9 heavy (non-hydrogen) atoms. The van der Waals surface area contributed by atoms with Gasteiger partial charge >= 0.3 is 0 Å². The van der Waals surface area contributed by atoms with E-state index in [1.54, 1.807) is 10.9 Å². The van der Waals surface area contributed by atoms with Crippen molar-refractivity contribution in [2.75, 3.05) is 6.54 Å². The predicted molar refractivity (Wildman–Crippen MR) is 35.5 cm³/mol. The van der Waals surface area contributed by atoms with E-state index in [1.807, 2.05) is 0 Å². The number of Topliss-reactive ketones (excluding diaryl/α,β-unsaturated/α-hetero) is 1. The fraction of sp³-hybridized carbons (Fsp3) is 0.200. The van der Waals surface area contributed by atoms with Gasteiger partial charge in [0, 0.05) is 5.38 Å². The lowest BCUT2D eigenvalue weighted by molar-refractivity contribution is 0.0997. The number of hydrogen-bond donors (Lipinski definition) is 1. The average Bonchev–Trinajstić information content (AvgIpc) is 2.37. The van der Waals surface area contributed by atoms with Crippen LogP contribution in [0.1, 0.15) is 10.5 Å². The lowest BCUT2D eigenvalue weighted by Crippen LogP contribution is -2.13. The SMILES string of the molecule is NCC(=O)c1cscn1. The Bertz CT molecular complexity index is 195. The Morgan fingerprint density at radius 1 is 1.89 bits per heavy atom. The molecule has 0 aliphatic carbocycles. The van der Waals surface area contributed by atoms with Crippen molar-refractivity contribution in [3.05, 3.63) is 16.6 Å². The first-order chi connectivity index (χ1) is 4.34. The summed E-state index contributed by atoms with van der Waals surface area (Å²) in [4.78, 5) is 14.5. The summed E-state index contributed by atoms with van der Waals surface area (Å²) in [6, 6.07) is 0. The highest BCUT2D eigenvalue weighted by molar-refractivity contribution is 7.07. The van der Waals surface area contributed by atoms with Gasteiger partial charge < -0.3 is 5.73 Å². The summed E-state index contributed by atoms with van der Waals surface area (Å²) < 4.78 is 0.